The highest BCUT2D eigenvalue weighted by atomic mass is 32.2. The van der Waals surface area contributed by atoms with Gasteiger partial charge in [0.25, 0.3) is 0 Å². The molecule has 1 aliphatic carbocycles. The van der Waals surface area contributed by atoms with Crippen LogP contribution in [-0.2, 0) is 5.41 Å². The first-order valence-corrected chi connectivity index (χ1v) is 12.1. The minimum absolute atomic E-state index is 0.0298. The van der Waals surface area contributed by atoms with E-state index in [1.807, 2.05) is 23.5 Å². The summed E-state index contributed by atoms with van der Waals surface area (Å²) in [6.45, 7) is 5.10. The monoisotopic (exact) mass is 418 g/mol. The summed E-state index contributed by atoms with van der Waals surface area (Å²) < 4.78 is 0. The summed E-state index contributed by atoms with van der Waals surface area (Å²) >= 11 is 3.94. The summed E-state index contributed by atoms with van der Waals surface area (Å²) in [5, 5.41) is 0. The van der Waals surface area contributed by atoms with Crippen LogP contribution in [0.2, 0.25) is 0 Å². The average Bonchev–Trinajstić information content (AvgIpc) is 3.01. The van der Waals surface area contributed by atoms with Crippen molar-refractivity contribution in [1.29, 1.82) is 0 Å². The molecule has 0 aromatic heterocycles. The van der Waals surface area contributed by atoms with Crippen LogP contribution in [0, 0.1) is 0 Å². The quantitative estimate of drug-likeness (QED) is 0.302. The van der Waals surface area contributed by atoms with E-state index < -0.39 is 0 Å². The predicted molar refractivity (Wildman–Crippen MR) is 130 cm³/mol. The van der Waals surface area contributed by atoms with Gasteiger partial charge in [0, 0.05) is 25.0 Å². The fourth-order valence-electron chi connectivity index (χ4n) is 5.60. The molecule has 0 radical (unpaired) electrons. The van der Waals surface area contributed by atoms with Gasteiger partial charge in [-0.1, -0.05) is 109 Å². The van der Waals surface area contributed by atoms with E-state index in [1.54, 1.807) is 0 Å². The summed E-state index contributed by atoms with van der Waals surface area (Å²) in [7, 11) is 0. The maximum absolute atomic E-state index is 2.51. The SMILES string of the molecule is CC1(C)c2ccccc2-c2c1cc1c3c2Sc2ccccc2B3c2ccccc2S1. The fraction of sp³-hybridized carbons (Fsp3) is 0.111. The van der Waals surface area contributed by atoms with E-state index in [2.05, 4.69) is 92.7 Å². The third kappa shape index (κ3) is 2.07. The molecule has 2 heterocycles. The van der Waals surface area contributed by atoms with Gasteiger partial charge in [-0.2, -0.15) is 0 Å². The maximum atomic E-state index is 2.51. The molecule has 4 aromatic rings. The summed E-state index contributed by atoms with van der Waals surface area (Å²) in [5.74, 6) is 0. The highest BCUT2D eigenvalue weighted by Gasteiger charge is 2.44. The van der Waals surface area contributed by atoms with Gasteiger partial charge in [0.15, 0.2) is 0 Å². The normalized spacial score (nSPS) is 16.3. The van der Waals surface area contributed by atoms with E-state index >= 15 is 0 Å². The largest absolute Gasteiger partial charge is 0.247 e. The van der Waals surface area contributed by atoms with Crippen molar-refractivity contribution < 1.29 is 0 Å². The van der Waals surface area contributed by atoms with Crippen molar-refractivity contribution in [2.75, 3.05) is 0 Å². The molecule has 0 nitrogen and oxygen atoms in total. The topological polar surface area (TPSA) is 0 Å². The van der Waals surface area contributed by atoms with Gasteiger partial charge >= 0.3 is 0 Å². The number of rotatable bonds is 0. The molecule has 0 atom stereocenters. The molecule has 0 amide bonds. The third-order valence-corrected chi connectivity index (χ3v) is 9.37. The van der Waals surface area contributed by atoms with Crippen molar-refractivity contribution in [3.05, 3.63) is 90.0 Å². The lowest BCUT2D eigenvalue weighted by Gasteiger charge is -2.35. The summed E-state index contributed by atoms with van der Waals surface area (Å²) in [6, 6.07) is 29.5. The van der Waals surface area contributed by atoms with Crippen molar-refractivity contribution in [3.63, 3.8) is 0 Å². The molecule has 2 aliphatic heterocycles. The lowest BCUT2D eigenvalue weighted by molar-refractivity contribution is 0.658. The third-order valence-electron chi connectivity index (χ3n) is 7.01. The molecule has 0 fully saturated rings. The van der Waals surface area contributed by atoms with Gasteiger partial charge in [-0.15, -0.1) is 0 Å². The molecule has 4 aromatic carbocycles. The Balaban J connectivity index is 1.62. The van der Waals surface area contributed by atoms with Crippen molar-refractivity contribution in [3.8, 4) is 11.1 Å². The smallest absolute Gasteiger partial charge is 0.0911 e. The number of benzene rings is 4. The first-order valence-electron chi connectivity index (χ1n) is 10.5. The Morgan fingerprint density at radius 2 is 1.30 bits per heavy atom. The maximum Gasteiger partial charge on any atom is 0.247 e. The van der Waals surface area contributed by atoms with Gasteiger partial charge in [-0.05, 0) is 45.9 Å². The first kappa shape index (κ1) is 17.3. The van der Waals surface area contributed by atoms with Gasteiger partial charge in [-0.3, -0.25) is 0 Å². The number of fused-ring (bicyclic) bond motifs is 8. The first-order chi connectivity index (χ1) is 14.6. The molecule has 0 N–H and O–H groups in total. The number of hydrogen-bond donors (Lipinski definition) is 0. The second-order valence-electron chi connectivity index (χ2n) is 8.92. The second-order valence-corrected chi connectivity index (χ2v) is 11.1. The van der Waals surface area contributed by atoms with Gasteiger partial charge in [0.2, 0.25) is 6.71 Å². The molecule has 3 aliphatic rings. The Bertz CT molecular complexity index is 1370. The Hall–Kier alpha value is -2.36. The van der Waals surface area contributed by atoms with Crippen molar-refractivity contribution in [1.82, 2.24) is 0 Å². The van der Waals surface area contributed by atoms with Crippen LogP contribution in [0.15, 0.2) is 98.4 Å². The highest BCUT2D eigenvalue weighted by Crippen LogP contribution is 2.54. The Kier molecular flexibility index (Phi) is 3.39. The van der Waals surface area contributed by atoms with Gasteiger partial charge in [-0.25, -0.2) is 0 Å². The van der Waals surface area contributed by atoms with Crippen molar-refractivity contribution >= 4 is 46.6 Å². The Morgan fingerprint density at radius 3 is 2.07 bits per heavy atom. The Labute approximate surface area is 186 Å². The fourth-order valence-corrected chi connectivity index (χ4v) is 8.18. The molecule has 3 heteroatoms. The van der Waals surface area contributed by atoms with Crippen LogP contribution in [0.5, 0.6) is 0 Å². The van der Waals surface area contributed by atoms with Crippen LogP contribution in [0.25, 0.3) is 11.1 Å². The summed E-state index contributed by atoms with van der Waals surface area (Å²) in [4.78, 5) is 5.72. The minimum atomic E-state index is 0.0298. The van der Waals surface area contributed by atoms with Gasteiger partial charge in [0.05, 0.1) is 0 Å². The molecular formula is C27H19BS2. The van der Waals surface area contributed by atoms with E-state index in [0.29, 0.717) is 6.71 Å². The van der Waals surface area contributed by atoms with Crippen LogP contribution in [0.4, 0.5) is 0 Å². The average molecular weight is 418 g/mol. The van der Waals surface area contributed by atoms with Crippen molar-refractivity contribution in [2.24, 2.45) is 0 Å². The zero-order valence-electron chi connectivity index (χ0n) is 16.9. The highest BCUT2D eigenvalue weighted by molar-refractivity contribution is 8.01. The zero-order valence-corrected chi connectivity index (χ0v) is 18.5. The molecule has 142 valence electrons. The van der Waals surface area contributed by atoms with Crippen LogP contribution in [0.1, 0.15) is 25.0 Å². The standard InChI is InChI=1S/C27H19BS2/c1-27(2)17-10-4-3-9-16(17)24-18(27)15-23-25-26(24)30-22-14-8-6-12-20(22)28(25)19-11-5-7-13-21(19)29-23/h3-15H,1-2H3. The van der Waals surface area contributed by atoms with E-state index in [0.717, 1.165) is 0 Å². The van der Waals surface area contributed by atoms with Crippen LogP contribution < -0.4 is 16.4 Å². The number of hydrogen-bond acceptors (Lipinski definition) is 2. The molecule has 0 saturated heterocycles. The van der Waals surface area contributed by atoms with Gasteiger partial charge in [0.1, 0.15) is 0 Å². The van der Waals surface area contributed by atoms with Gasteiger partial charge < -0.3 is 0 Å². The van der Waals surface area contributed by atoms with E-state index in [-0.39, 0.29) is 5.41 Å². The van der Waals surface area contributed by atoms with E-state index in [9.17, 15) is 0 Å². The molecule has 30 heavy (non-hydrogen) atoms. The molecule has 0 unspecified atom stereocenters. The summed E-state index contributed by atoms with van der Waals surface area (Å²) in [6.07, 6.45) is 0. The minimum Gasteiger partial charge on any atom is -0.0911 e. The zero-order chi connectivity index (χ0) is 20.0. The van der Waals surface area contributed by atoms with Crippen LogP contribution >= 0.6 is 23.5 Å². The van der Waals surface area contributed by atoms with E-state index in [1.165, 1.54) is 58.2 Å². The molecule has 0 bridgehead atoms. The molecular weight excluding hydrogens is 399 g/mol. The summed E-state index contributed by atoms with van der Waals surface area (Å²) in [5.41, 5.74) is 10.3. The second kappa shape index (κ2) is 5.87. The van der Waals surface area contributed by atoms with Crippen LogP contribution in [-0.4, -0.2) is 6.71 Å². The molecule has 7 rings (SSSR count). The molecule has 0 saturated carbocycles. The predicted octanol–water partition coefficient (Wildman–Crippen LogP) is 5.44. The van der Waals surface area contributed by atoms with E-state index in [4.69, 9.17) is 0 Å². The lowest BCUT2D eigenvalue weighted by atomic mass is 9.36. The van der Waals surface area contributed by atoms with Crippen LogP contribution in [0.3, 0.4) is 0 Å². The van der Waals surface area contributed by atoms with Crippen molar-refractivity contribution in [2.45, 2.75) is 38.8 Å². The molecule has 0 spiro atoms. The Morgan fingerprint density at radius 1 is 0.667 bits per heavy atom. The lowest BCUT2D eigenvalue weighted by Crippen LogP contribution is -2.58.